The van der Waals surface area contributed by atoms with Gasteiger partial charge < -0.3 is 14.6 Å². The quantitative estimate of drug-likeness (QED) is 0.881. The third kappa shape index (κ3) is 1.67. The number of carbonyl (C=O) groups is 1. The molecule has 2 heterocycles. The lowest BCUT2D eigenvalue weighted by Crippen LogP contribution is -2.41. The summed E-state index contributed by atoms with van der Waals surface area (Å²) < 4.78 is 5.07. The molecule has 0 amide bonds. The van der Waals surface area contributed by atoms with Crippen molar-refractivity contribution < 1.29 is 14.0 Å². The number of hydrogen-bond acceptors (Lipinski definition) is 5. The molecule has 1 aliphatic heterocycles. The summed E-state index contributed by atoms with van der Waals surface area (Å²) in [6, 6.07) is 11.1. The fourth-order valence-corrected chi connectivity index (χ4v) is 2.09. The van der Waals surface area contributed by atoms with Crippen LogP contribution in [0.5, 0.6) is 0 Å². The van der Waals surface area contributed by atoms with Crippen molar-refractivity contribution in [2.24, 2.45) is 0 Å². The van der Waals surface area contributed by atoms with Gasteiger partial charge in [-0.25, -0.2) is 10.3 Å². The number of hydrogen-bond donors (Lipinski definition) is 2. The van der Waals surface area contributed by atoms with Gasteiger partial charge in [-0.1, -0.05) is 24.8 Å². The molecule has 1 aromatic heterocycles. The molecule has 1 atom stereocenters. The van der Waals surface area contributed by atoms with Crippen molar-refractivity contribution in [3.05, 3.63) is 66.8 Å². The van der Waals surface area contributed by atoms with Crippen LogP contribution in [0, 0.1) is 0 Å². The molecule has 0 spiro atoms. The monoisotopic (exact) mass is 256 g/mol. The normalized spacial score (nSPS) is 21.9. The zero-order valence-corrected chi connectivity index (χ0v) is 10.1. The van der Waals surface area contributed by atoms with Gasteiger partial charge >= 0.3 is 5.97 Å². The largest absolute Gasteiger partial charge is 0.472 e. The zero-order chi connectivity index (χ0) is 13.3. The van der Waals surface area contributed by atoms with Gasteiger partial charge in [-0.15, -0.1) is 0 Å². The number of benzene rings is 1. The van der Waals surface area contributed by atoms with E-state index in [1.54, 1.807) is 6.07 Å². The van der Waals surface area contributed by atoms with E-state index in [1.807, 2.05) is 30.3 Å². The topological polar surface area (TPSA) is 63.5 Å². The molecule has 0 radical (unpaired) electrons. The number of hydroxylamine groups is 1. The van der Waals surface area contributed by atoms with E-state index in [1.165, 1.54) is 12.5 Å². The van der Waals surface area contributed by atoms with Gasteiger partial charge in [0.2, 0.25) is 5.54 Å². The van der Waals surface area contributed by atoms with Crippen molar-refractivity contribution >= 4 is 11.7 Å². The highest BCUT2D eigenvalue weighted by molar-refractivity contribution is 5.91. The second-order valence-corrected chi connectivity index (χ2v) is 4.22. The number of anilines is 1. The fraction of sp³-hybridized carbons (Fsp3) is 0.0714. The number of rotatable bonds is 3. The zero-order valence-electron chi connectivity index (χ0n) is 10.1. The number of carbonyl (C=O) groups excluding carboxylic acids is 1. The lowest BCUT2D eigenvalue weighted by atomic mass is 9.89. The van der Waals surface area contributed by atoms with Crippen molar-refractivity contribution in [2.45, 2.75) is 5.54 Å². The van der Waals surface area contributed by atoms with Gasteiger partial charge in [-0.3, -0.25) is 0 Å². The van der Waals surface area contributed by atoms with Crippen LogP contribution in [0.25, 0.3) is 0 Å². The molecule has 0 saturated carbocycles. The summed E-state index contributed by atoms with van der Waals surface area (Å²) in [5.41, 5.74) is 3.19. The van der Waals surface area contributed by atoms with Crippen LogP contribution in [-0.4, -0.2) is 5.97 Å². The highest BCUT2D eigenvalue weighted by Crippen LogP contribution is 2.36. The minimum atomic E-state index is -1.17. The SMILES string of the molecule is C=C1NOC(=O)C1(Nc1ccccc1)c1ccoc1. The maximum absolute atomic E-state index is 12.2. The standard InChI is InChI=1S/C14H12N2O3/c1-10-14(13(17)19-16-10,11-7-8-18-9-11)15-12-5-3-2-4-6-12/h2-9,15-16H,1H2. The minimum Gasteiger partial charge on any atom is -0.472 e. The van der Waals surface area contributed by atoms with Crippen LogP contribution in [0.1, 0.15) is 5.56 Å². The molecule has 0 bridgehead atoms. The molecule has 2 N–H and O–H groups in total. The van der Waals surface area contributed by atoms with E-state index in [2.05, 4.69) is 17.4 Å². The maximum Gasteiger partial charge on any atom is 0.368 e. The Kier molecular flexibility index (Phi) is 2.52. The summed E-state index contributed by atoms with van der Waals surface area (Å²) in [6.45, 7) is 3.85. The predicted molar refractivity (Wildman–Crippen MR) is 68.8 cm³/mol. The Labute approximate surface area is 109 Å². The van der Waals surface area contributed by atoms with Crippen LogP contribution in [0.4, 0.5) is 5.69 Å². The lowest BCUT2D eigenvalue weighted by Gasteiger charge is -2.25. The van der Waals surface area contributed by atoms with E-state index in [-0.39, 0.29) is 0 Å². The summed E-state index contributed by atoms with van der Waals surface area (Å²) in [4.78, 5) is 17.0. The summed E-state index contributed by atoms with van der Waals surface area (Å²) in [6.07, 6.45) is 3.00. The van der Waals surface area contributed by atoms with Crippen molar-refractivity contribution in [2.75, 3.05) is 5.32 Å². The van der Waals surface area contributed by atoms with E-state index < -0.39 is 11.5 Å². The number of nitrogens with one attached hydrogen (secondary N) is 2. The third-order valence-electron chi connectivity index (χ3n) is 3.09. The molecular weight excluding hydrogens is 244 g/mol. The van der Waals surface area contributed by atoms with E-state index in [4.69, 9.17) is 9.25 Å². The molecule has 0 aliphatic carbocycles. The Bertz CT molecular complexity index is 589. The van der Waals surface area contributed by atoms with Gasteiger partial charge in [0.25, 0.3) is 0 Å². The van der Waals surface area contributed by atoms with Gasteiger partial charge in [0.05, 0.1) is 18.2 Å². The first-order valence-electron chi connectivity index (χ1n) is 5.76. The Hall–Kier alpha value is -2.69. The Morgan fingerprint density at radius 2 is 2.00 bits per heavy atom. The molecule has 1 aromatic carbocycles. The minimum absolute atomic E-state index is 0.419. The molecular formula is C14H12N2O3. The Morgan fingerprint density at radius 1 is 1.21 bits per heavy atom. The molecule has 1 aliphatic rings. The molecule has 5 nitrogen and oxygen atoms in total. The van der Waals surface area contributed by atoms with Gasteiger partial charge in [-0.2, -0.15) is 0 Å². The third-order valence-corrected chi connectivity index (χ3v) is 3.09. The van der Waals surface area contributed by atoms with Crippen LogP contribution < -0.4 is 10.8 Å². The number of para-hydroxylation sites is 1. The van der Waals surface area contributed by atoms with Crippen molar-refractivity contribution in [1.29, 1.82) is 0 Å². The van der Waals surface area contributed by atoms with E-state index in [0.717, 1.165) is 5.69 Å². The first-order chi connectivity index (χ1) is 9.23. The molecule has 5 heteroatoms. The lowest BCUT2D eigenvalue weighted by molar-refractivity contribution is -0.146. The van der Waals surface area contributed by atoms with Crippen LogP contribution in [-0.2, 0) is 15.2 Å². The van der Waals surface area contributed by atoms with Crippen molar-refractivity contribution in [3.63, 3.8) is 0 Å². The smallest absolute Gasteiger partial charge is 0.368 e. The van der Waals surface area contributed by atoms with E-state index in [0.29, 0.717) is 11.3 Å². The number of furan rings is 1. The second-order valence-electron chi connectivity index (χ2n) is 4.22. The molecule has 19 heavy (non-hydrogen) atoms. The first-order valence-corrected chi connectivity index (χ1v) is 5.76. The summed E-state index contributed by atoms with van der Waals surface area (Å²) in [5, 5.41) is 3.16. The summed E-state index contributed by atoms with van der Waals surface area (Å²) >= 11 is 0. The summed E-state index contributed by atoms with van der Waals surface area (Å²) in [5.74, 6) is -0.470. The molecule has 1 fully saturated rings. The van der Waals surface area contributed by atoms with Crippen LogP contribution >= 0.6 is 0 Å². The maximum atomic E-state index is 12.2. The van der Waals surface area contributed by atoms with E-state index >= 15 is 0 Å². The summed E-state index contributed by atoms with van der Waals surface area (Å²) in [7, 11) is 0. The molecule has 3 rings (SSSR count). The van der Waals surface area contributed by atoms with E-state index in [9.17, 15) is 4.79 Å². The second kappa shape index (κ2) is 4.20. The highest BCUT2D eigenvalue weighted by Gasteiger charge is 2.51. The van der Waals surface area contributed by atoms with Crippen LogP contribution in [0.15, 0.2) is 65.6 Å². The molecule has 1 saturated heterocycles. The van der Waals surface area contributed by atoms with Crippen molar-refractivity contribution in [3.8, 4) is 0 Å². The molecule has 1 unspecified atom stereocenters. The van der Waals surface area contributed by atoms with Crippen LogP contribution in [0.3, 0.4) is 0 Å². The highest BCUT2D eigenvalue weighted by atomic mass is 16.7. The fourth-order valence-electron chi connectivity index (χ4n) is 2.09. The van der Waals surface area contributed by atoms with Gasteiger partial charge in [0.1, 0.15) is 0 Å². The van der Waals surface area contributed by atoms with Crippen LogP contribution in [0.2, 0.25) is 0 Å². The van der Waals surface area contributed by atoms with Gasteiger partial charge in [-0.05, 0) is 18.2 Å². The Morgan fingerprint density at radius 3 is 2.58 bits per heavy atom. The molecule has 96 valence electrons. The average molecular weight is 256 g/mol. The first kappa shape index (κ1) is 11.4. The van der Waals surface area contributed by atoms with Gasteiger partial charge in [0, 0.05) is 11.3 Å². The van der Waals surface area contributed by atoms with Crippen molar-refractivity contribution in [1.82, 2.24) is 5.48 Å². The predicted octanol–water partition coefficient (Wildman–Crippen LogP) is 2.16. The Balaban J connectivity index is 2.08. The van der Waals surface area contributed by atoms with Gasteiger partial charge in [0.15, 0.2) is 0 Å². The molecule has 2 aromatic rings. The average Bonchev–Trinajstić information content (AvgIpc) is 3.04.